The highest BCUT2D eigenvalue weighted by atomic mass is 32.2. The first-order chi connectivity index (χ1) is 11.5. The maximum absolute atomic E-state index is 12.2. The molecule has 134 valence electrons. The number of fused-ring (bicyclic) bond motifs is 3. The summed E-state index contributed by atoms with van der Waals surface area (Å²) < 4.78 is 24.2. The largest absolute Gasteiger partial charge is 0.343 e. The summed E-state index contributed by atoms with van der Waals surface area (Å²) >= 11 is 1.54. The first-order valence-corrected chi connectivity index (χ1v) is 11.9. The summed E-state index contributed by atoms with van der Waals surface area (Å²) in [5.41, 5.74) is 0. The maximum Gasteiger partial charge on any atom is 0.248 e. The Labute approximate surface area is 148 Å². The van der Waals surface area contributed by atoms with E-state index < -0.39 is 9.84 Å². The SMILES string of the molecule is CCCCC(=O)N=C1S[C@H]2CS(=O)(=O)C[C@H]2N1[C@@H]1C[C@@H]2CC[C@@H]1C2. The number of rotatable bonds is 4. The molecule has 0 spiro atoms. The molecule has 5 nitrogen and oxygen atoms in total. The van der Waals surface area contributed by atoms with Gasteiger partial charge in [-0.05, 0) is 37.5 Å². The third-order valence-corrected chi connectivity index (χ3v) is 9.35. The Bertz CT molecular complexity index is 661. The quantitative estimate of drug-likeness (QED) is 0.760. The Morgan fingerprint density at radius 3 is 2.75 bits per heavy atom. The molecule has 2 aliphatic heterocycles. The van der Waals surface area contributed by atoms with Crippen molar-refractivity contribution in [1.82, 2.24) is 4.90 Å². The Hall–Kier alpha value is -0.560. The van der Waals surface area contributed by atoms with Gasteiger partial charge in [0, 0.05) is 17.7 Å². The lowest BCUT2D eigenvalue weighted by atomic mass is 9.93. The molecule has 5 atom stereocenters. The Morgan fingerprint density at radius 2 is 2.08 bits per heavy atom. The van der Waals surface area contributed by atoms with Crippen LogP contribution in [-0.4, -0.2) is 53.2 Å². The molecule has 7 heteroatoms. The van der Waals surface area contributed by atoms with Crippen molar-refractivity contribution in [1.29, 1.82) is 0 Å². The number of nitrogens with zero attached hydrogens (tertiary/aromatic N) is 2. The van der Waals surface area contributed by atoms with Crippen molar-refractivity contribution >= 4 is 32.7 Å². The highest BCUT2D eigenvalue weighted by Gasteiger charge is 2.54. The molecule has 4 aliphatic rings. The number of hydrogen-bond donors (Lipinski definition) is 0. The van der Waals surface area contributed by atoms with Crippen molar-refractivity contribution in [3.05, 3.63) is 0 Å². The Morgan fingerprint density at radius 1 is 1.25 bits per heavy atom. The number of amidine groups is 1. The molecule has 0 unspecified atom stereocenters. The molecular weight excluding hydrogens is 344 g/mol. The second-order valence-corrected chi connectivity index (χ2v) is 11.2. The van der Waals surface area contributed by atoms with Crippen LogP contribution in [-0.2, 0) is 14.6 Å². The zero-order valence-electron chi connectivity index (χ0n) is 14.2. The fourth-order valence-corrected chi connectivity index (χ4v) is 9.01. The minimum atomic E-state index is -2.95. The fourth-order valence-electron chi connectivity index (χ4n) is 5.02. The van der Waals surface area contributed by atoms with Crippen LogP contribution in [0.4, 0.5) is 0 Å². The summed E-state index contributed by atoms with van der Waals surface area (Å²) in [6.07, 6.45) is 7.34. The lowest BCUT2D eigenvalue weighted by Crippen LogP contribution is -2.47. The van der Waals surface area contributed by atoms with Crippen molar-refractivity contribution in [2.75, 3.05) is 11.5 Å². The molecule has 0 aromatic carbocycles. The van der Waals surface area contributed by atoms with E-state index >= 15 is 0 Å². The van der Waals surface area contributed by atoms with E-state index in [1.165, 1.54) is 19.3 Å². The van der Waals surface area contributed by atoms with Gasteiger partial charge in [-0.25, -0.2) is 8.42 Å². The van der Waals surface area contributed by atoms with Crippen LogP contribution in [0.1, 0.15) is 51.9 Å². The topological polar surface area (TPSA) is 66.8 Å². The number of amides is 1. The Kier molecular flexibility index (Phi) is 4.44. The van der Waals surface area contributed by atoms with Gasteiger partial charge in [-0.1, -0.05) is 31.5 Å². The first-order valence-electron chi connectivity index (χ1n) is 9.24. The lowest BCUT2D eigenvalue weighted by Gasteiger charge is -2.36. The van der Waals surface area contributed by atoms with Crippen LogP contribution in [0.25, 0.3) is 0 Å². The van der Waals surface area contributed by atoms with E-state index in [0.29, 0.717) is 18.4 Å². The van der Waals surface area contributed by atoms with Crippen molar-refractivity contribution in [3.8, 4) is 0 Å². The van der Waals surface area contributed by atoms with Gasteiger partial charge in [-0.15, -0.1) is 0 Å². The standard InChI is InChI=1S/C17H26N2O3S2/c1-2-3-4-16(20)18-17-19(13-8-11-5-6-12(13)7-11)14-9-24(21,22)10-15(14)23-17/h11-15H,2-10H2,1H3/t11-,12-,13-,14-,15+/m1/s1. The average Bonchev–Trinajstić information content (AvgIpc) is 3.24. The van der Waals surface area contributed by atoms with Crippen LogP contribution < -0.4 is 0 Å². The van der Waals surface area contributed by atoms with E-state index in [1.807, 2.05) is 0 Å². The van der Waals surface area contributed by atoms with Gasteiger partial charge in [0.1, 0.15) is 0 Å². The third-order valence-electron chi connectivity index (χ3n) is 6.13. The molecule has 4 fully saturated rings. The monoisotopic (exact) mass is 370 g/mol. The molecule has 0 N–H and O–H groups in total. The molecule has 2 bridgehead atoms. The summed E-state index contributed by atoms with van der Waals surface area (Å²) in [7, 11) is -2.95. The number of carbonyl (C=O) groups is 1. The van der Waals surface area contributed by atoms with Crippen LogP contribution in [0.15, 0.2) is 4.99 Å². The molecule has 0 radical (unpaired) electrons. The number of sulfone groups is 1. The van der Waals surface area contributed by atoms with Gasteiger partial charge in [-0.2, -0.15) is 4.99 Å². The molecule has 2 saturated heterocycles. The van der Waals surface area contributed by atoms with Crippen molar-refractivity contribution < 1.29 is 13.2 Å². The summed E-state index contributed by atoms with van der Waals surface area (Å²) in [5.74, 6) is 1.88. The van der Waals surface area contributed by atoms with Gasteiger partial charge >= 0.3 is 0 Å². The van der Waals surface area contributed by atoms with Gasteiger partial charge in [0.05, 0.1) is 17.5 Å². The highest BCUT2D eigenvalue weighted by Crippen LogP contribution is 2.51. The van der Waals surface area contributed by atoms with Gasteiger partial charge < -0.3 is 4.90 Å². The summed E-state index contributed by atoms with van der Waals surface area (Å²) in [5, 5.41) is 0.880. The predicted octanol–water partition coefficient (Wildman–Crippen LogP) is 2.46. The molecule has 0 aromatic heterocycles. The van der Waals surface area contributed by atoms with Crippen LogP contribution in [0.5, 0.6) is 0 Å². The first kappa shape index (κ1) is 16.9. The summed E-state index contributed by atoms with van der Waals surface area (Å²) in [6, 6.07) is 0.430. The molecule has 1 amide bonds. The number of aliphatic imine (C=N–C) groups is 1. The second kappa shape index (κ2) is 6.31. The molecule has 2 saturated carbocycles. The summed E-state index contributed by atoms with van der Waals surface area (Å²) in [6.45, 7) is 2.07. The van der Waals surface area contributed by atoms with E-state index in [-0.39, 0.29) is 28.7 Å². The predicted molar refractivity (Wildman–Crippen MR) is 96.9 cm³/mol. The minimum absolute atomic E-state index is 0.0297. The number of carbonyl (C=O) groups excluding carboxylic acids is 1. The Balaban J connectivity index is 1.59. The van der Waals surface area contributed by atoms with E-state index in [4.69, 9.17) is 0 Å². The van der Waals surface area contributed by atoms with E-state index in [0.717, 1.165) is 30.3 Å². The third kappa shape index (κ3) is 3.02. The molecule has 0 aromatic rings. The maximum atomic E-state index is 12.2. The molecule has 24 heavy (non-hydrogen) atoms. The van der Waals surface area contributed by atoms with Gasteiger partial charge in [0.15, 0.2) is 15.0 Å². The van der Waals surface area contributed by atoms with Crippen molar-refractivity contribution in [2.24, 2.45) is 16.8 Å². The van der Waals surface area contributed by atoms with E-state index in [1.54, 1.807) is 11.8 Å². The van der Waals surface area contributed by atoms with Crippen molar-refractivity contribution in [2.45, 2.75) is 69.2 Å². The van der Waals surface area contributed by atoms with Crippen molar-refractivity contribution in [3.63, 3.8) is 0 Å². The van der Waals surface area contributed by atoms with Gasteiger partial charge in [0.25, 0.3) is 0 Å². The number of hydrogen-bond acceptors (Lipinski definition) is 4. The van der Waals surface area contributed by atoms with Crippen LogP contribution in [0.2, 0.25) is 0 Å². The average molecular weight is 371 g/mol. The molecule has 4 rings (SSSR count). The number of thioether (sulfide) groups is 1. The summed E-state index contributed by atoms with van der Waals surface area (Å²) in [4.78, 5) is 18.9. The second-order valence-electron chi connectivity index (χ2n) is 7.84. The zero-order valence-corrected chi connectivity index (χ0v) is 15.8. The molecule has 2 heterocycles. The minimum Gasteiger partial charge on any atom is -0.343 e. The van der Waals surface area contributed by atoms with Crippen LogP contribution in [0.3, 0.4) is 0 Å². The normalized spacial score (nSPS) is 41.3. The smallest absolute Gasteiger partial charge is 0.248 e. The molecule has 2 aliphatic carbocycles. The fraction of sp³-hybridized carbons (Fsp3) is 0.882. The van der Waals surface area contributed by atoms with Crippen LogP contribution in [0, 0.1) is 11.8 Å². The van der Waals surface area contributed by atoms with Gasteiger partial charge in [0.2, 0.25) is 5.91 Å². The van der Waals surface area contributed by atoms with Crippen LogP contribution >= 0.6 is 11.8 Å². The van der Waals surface area contributed by atoms with E-state index in [9.17, 15) is 13.2 Å². The molecular formula is C17H26N2O3S2. The lowest BCUT2D eigenvalue weighted by molar-refractivity contribution is -0.117. The number of unbranched alkanes of at least 4 members (excludes halogenated alkanes) is 1. The zero-order chi connectivity index (χ0) is 16.9. The van der Waals surface area contributed by atoms with E-state index in [2.05, 4.69) is 16.8 Å². The van der Waals surface area contributed by atoms with Gasteiger partial charge in [-0.3, -0.25) is 4.79 Å². The highest BCUT2D eigenvalue weighted by molar-refractivity contribution is 8.15.